The number of nitrogens with one attached hydrogen (secondary N) is 1. The highest BCUT2D eigenvalue weighted by atomic mass is 16.3. The molecule has 0 aliphatic carbocycles. The van der Waals surface area contributed by atoms with Crippen molar-refractivity contribution < 1.29 is 9.90 Å². The van der Waals surface area contributed by atoms with Crippen LogP contribution in [0.4, 0.5) is 0 Å². The van der Waals surface area contributed by atoms with Gasteiger partial charge in [-0.3, -0.25) is 4.79 Å². The van der Waals surface area contributed by atoms with Crippen LogP contribution < -0.4 is 5.32 Å². The molecule has 0 fully saturated rings. The molecule has 112 valence electrons. The minimum Gasteiger partial charge on any atom is -0.393 e. The van der Waals surface area contributed by atoms with Crippen LogP contribution in [0, 0.1) is 5.92 Å². The van der Waals surface area contributed by atoms with E-state index >= 15 is 0 Å². The van der Waals surface area contributed by atoms with Crippen LogP contribution in [0.2, 0.25) is 0 Å². The zero-order chi connectivity index (χ0) is 15.2. The van der Waals surface area contributed by atoms with Gasteiger partial charge in [-0.1, -0.05) is 49.4 Å². The van der Waals surface area contributed by atoms with Crippen LogP contribution in [0.25, 0.3) is 10.8 Å². The first kappa shape index (κ1) is 15.5. The fourth-order valence-corrected chi connectivity index (χ4v) is 2.55. The summed E-state index contributed by atoms with van der Waals surface area (Å²) in [6, 6.07) is 14.3. The van der Waals surface area contributed by atoms with Crippen LogP contribution in [0.5, 0.6) is 0 Å². The summed E-state index contributed by atoms with van der Waals surface area (Å²) in [6.45, 7) is 4.41. The van der Waals surface area contributed by atoms with Gasteiger partial charge in [0.15, 0.2) is 0 Å². The molecule has 0 saturated carbocycles. The molecule has 3 nitrogen and oxygen atoms in total. The number of hydrogen-bond donors (Lipinski definition) is 2. The molecule has 2 unspecified atom stereocenters. The average molecular weight is 285 g/mol. The smallest absolute Gasteiger partial charge is 0.224 e. The molecular weight excluding hydrogens is 262 g/mol. The van der Waals surface area contributed by atoms with Crippen LogP contribution in [-0.2, 0) is 11.2 Å². The first-order valence-corrected chi connectivity index (χ1v) is 7.47. The fraction of sp³-hybridized carbons (Fsp3) is 0.389. The Balaban J connectivity index is 1.89. The zero-order valence-electron chi connectivity index (χ0n) is 12.7. The molecule has 21 heavy (non-hydrogen) atoms. The van der Waals surface area contributed by atoms with Crippen molar-refractivity contribution in [3.05, 3.63) is 48.0 Å². The van der Waals surface area contributed by atoms with Crippen molar-refractivity contribution in [2.24, 2.45) is 5.92 Å². The van der Waals surface area contributed by atoms with Gasteiger partial charge in [-0.05, 0) is 35.6 Å². The number of aliphatic hydroxyl groups is 1. The topological polar surface area (TPSA) is 49.3 Å². The van der Waals surface area contributed by atoms with E-state index in [0.29, 0.717) is 19.4 Å². The van der Waals surface area contributed by atoms with E-state index in [1.807, 2.05) is 31.2 Å². The van der Waals surface area contributed by atoms with Crippen LogP contribution >= 0.6 is 0 Å². The molecule has 0 aliphatic heterocycles. The van der Waals surface area contributed by atoms with Gasteiger partial charge in [0.2, 0.25) is 5.91 Å². The summed E-state index contributed by atoms with van der Waals surface area (Å²) < 4.78 is 0. The van der Waals surface area contributed by atoms with Crippen LogP contribution in [0.1, 0.15) is 25.8 Å². The molecule has 1 amide bonds. The third kappa shape index (κ3) is 4.87. The Morgan fingerprint density at radius 1 is 1.14 bits per heavy atom. The molecule has 0 aromatic heterocycles. The summed E-state index contributed by atoms with van der Waals surface area (Å²) in [7, 11) is 0. The minimum absolute atomic E-state index is 0.0303. The van der Waals surface area contributed by atoms with Crippen molar-refractivity contribution in [2.75, 3.05) is 6.54 Å². The summed E-state index contributed by atoms with van der Waals surface area (Å²) in [4.78, 5) is 12.0. The molecule has 2 N–H and O–H groups in total. The predicted octanol–water partition coefficient (Wildman–Crippen LogP) is 2.91. The average Bonchev–Trinajstić information content (AvgIpc) is 2.44. The highest BCUT2D eigenvalue weighted by Gasteiger charge is 2.09. The van der Waals surface area contributed by atoms with Gasteiger partial charge in [-0.15, -0.1) is 0 Å². The van der Waals surface area contributed by atoms with Crippen molar-refractivity contribution in [3.63, 3.8) is 0 Å². The van der Waals surface area contributed by atoms with E-state index in [1.165, 1.54) is 5.39 Å². The number of fused-ring (bicyclic) bond motifs is 1. The van der Waals surface area contributed by atoms with Gasteiger partial charge < -0.3 is 10.4 Å². The van der Waals surface area contributed by atoms with E-state index in [2.05, 4.69) is 23.5 Å². The molecule has 2 aromatic rings. The highest BCUT2D eigenvalue weighted by molar-refractivity contribution is 5.85. The molecular formula is C18H23NO2. The highest BCUT2D eigenvalue weighted by Crippen LogP contribution is 2.16. The second kappa shape index (κ2) is 7.23. The van der Waals surface area contributed by atoms with E-state index in [1.54, 1.807) is 6.92 Å². The largest absolute Gasteiger partial charge is 0.393 e. The Labute approximate surface area is 126 Å². The Bertz CT molecular complexity index is 607. The van der Waals surface area contributed by atoms with Gasteiger partial charge in [0.05, 0.1) is 12.5 Å². The summed E-state index contributed by atoms with van der Waals surface area (Å²) in [5, 5.41) is 14.6. The summed E-state index contributed by atoms with van der Waals surface area (Å²) >= 11 is 0. The van der Waals surface area contributed by atoms with Crippen LogP contribution in [-0.4, -0.2) is 23.7 Å². The van der Waals surface area contributed by atoms with Crippen molar-refractivity contribution in [1.29, 1.82) is 0 Å². The van der Waals surface area contributed by atoms with E-state index in [0.717, 1.165) is 10.9 Å². The Kier molecular flexibility index (Phi) is 5.34. The van der Waals surface area contributed by atoms with Gasteiger partial charge >= 0.3 is 0 Å². The second-order valence-corrected chi connectivity index (χ2v) is 5.85. The lowest BCUT2D eigenvalue weighted by molar-refractivity contribution is -0.120. The number of aliphatic hydroxyl groups excluding tert-OH is 1. The van der Waals surface area contributed by atoms with E-state index in [4.69, 9.17) is 0 Å². The summed E-state index contributed by atoms with van der Waals surface area (Å²) in [6.07, 6.45) is 0.778. The Morgan fingerprint density at radius 3 is 2.57 bits per heavy atom. The van der Waals surface area contributed by atoms with Crippen LogP contribution in [0.3, 0.4) is 0 Å². The maximum absolute atomic E-state index is 12.0. The number of carbonyl (C=O) groups excluding carboxylic acids is 1. The van der Waals surface area contributed by atoms with E-state index in [-0.39, 0.29) is 17.9 Å². The summed E-state index contributed by atoms with van der Waals surface area (Å²) in [5.41, 5.74) is 1.02. The predicted molar refractivity (Wildman–Crippen MR) is 86.1 cm³/mol. The molecule has 0 heterocycles. The second-order valence-electron chi connectivity index (χ2n) is 5.85. The molecule has 2 aromatic carbocycles. The maximum atomic E-state index is 12.0. The number of amides is 1. The molecule has 2 atom stereocenters. The van der Waals surface area contributed by atoms with Crippen molar-refractivity contribution >= 4 is 16.7 Å². The number of rotatable bonds is 6. The SMILES string of the molecule is CC(O)CC(C)CNC(=O)Cc1ccc2ccccc2c1. The molecule has 0 spiro atoms. The minimum atomic E-state index is -0.322. The normalized spacial score (nSPS) is 13.9. The number of hydrogen-bond acceptors (Lipinski definition) is 2. The standard InChI is InChI=1S/C18H23NO2/c1-13(9-14(2)20)12-19-18(21)11-15-7-8-16-5-3-4-6-17(16)10-15/h3-8,10,13-14,20H,9,11-12H2,1-2H3,(H,19,21). The van der Waals surface area contributed by atoms with Gasteiger partial charge in [-0.2, -0.15) is 0 Å². The Morgan fingerprint density at radius 2 is 1.86 bits per heavy atom. The third-order valence-corrected chi connectivity index (χ3v) is 3.57. The van der Waals surface area contributed by atoms with E-state index < -0.39 is 0 Å². The zero-order valence-corrected chi connectivity index (χ0v) is 12.7. The number of benzene rings is 2. The van der Waals surface area contributed by atoms with Crippen molar-refractivity contribution in [1.82, 2.24) is 5.32 Å². The monoisotopic (exact) mass is 285 g/mol. The van der Waals surface area contributed by atoms with Crippen molar-refractivity contribution in [3.8, 4) is 0 Å². The first-order chi connectivity index (χ1) is 10.0. The summed E-state index contributed by atoms with van der Waals surface area (Å²) in [5.74, 6) is 0.313. The van der Waals surface area contributed by atoms with Gasteiger partial charge in [0, 0.05) is 6.54 Å². The molecule has 0 radical (unpaired) electrons. The number of carbonyl (C=O) groups is 1. The molecule has 0 saturated heterocycles. The quantitative estimate of drug-likeness (QED) is 0.857. The third-order valence-electron chi connectivity index (χ3n) is 3.57. The molecule has 2 rings (SSSR count). The lowest BCUT2D eigenvalue weighted by atomic mass is 10.0. The maximum Gasteiger partial charge on any atom is 0.224 e. The van der Waals surface area contributed by atoms with Crippen LogP contribution in [0.15, 0.2) is 42.5 Å². The van der Waals surface area contributed by atoms with Gasteiger partial charge in [0.1, 0.15) is 0 Å². The molecule has 3 heteroatoms. The molecule has 0 bridgehead atoms. The Hall–Kier alpha value is -1.87. The first-order valence-electron chi connectivity index (χ1n) is 7.47. The fourth-order valence-electron chi connectivity index (χ4n) is 2.55. The molecule has 0 aliphatic rings. The van der Waals surface area contributed by atoms with Crippen molar-refractivity contribution in [2.45, 2.75) is 32.8 Å². The van der Waals surface area contributed by atoms with Gasteiger partial charge in [0.25, 0.3) is 0 Å². The van der Waals surface area contributed by atoms with E-state index in [9.17, 15) is 9.90 Å². The lowest BCUT2D eigenvalue weighted by Crippen LogP contribution is -2.30. The van der Waals surface area contributed by atoms with Gasteiger partial charge in [-0.25, -0.2) is 0 Å². The lowest BCUT2D eigenvalue weighted by Gasteiger charge is -2.14.